The lowest BCUT2D eigenvalue weighted by atomic mass is 10.3. The highest BCUT2D eigenvalue weighted by molar-refractivity contribution is 6.30. The van der Waals surface area contributed by atoms with Crippen molar-refractivity contribution in [3.05, 3.63) is 41.2 Å². The quantitative estimate of drug-likeness (QED) is 0.353. The zero-order valence-electron chi connectivity index (χ0n) is 8.08. The van der Waals surface area contributed by atoms with E-state index in [1.165, 1.54) is 4.68 Å². The topological polar surface area (TPSA) is 89.3 Å². The summed E-state index contributed by atoms with van der Waals surface area (Å²) in [6, 6.07) is 7.05. The fraction of sp³-hybridized carbons (Fsp3) is 0. The molecule has 3 N–H and O–H groups in total. The van der Waals surface area contributed by atoms with Crippen molar-refractivity contribution >= 4 is 17.4 Å². The van der Waals surface area contributed by atoms with E-state index in [1.807, 2.05) is 0 Å². The summed E-state index contributed by atoms with van der Waals surface area (Å²) in [5.41, 5.74) is 6.46. The zero-order chi connectivity index (χ0) is 11.5. The second kappa shape index (κ2) is 4.19. The van der Waals surface area contributed by atoms with Crippen molar-refractivity contribution in [1.29, 1.82) is 0 Å². The first-order valence-electron chi connectivity index (χ1n) is 4.37. The van der Waals surface area contributed by atoms with E-state index in [1.54, 1.807) is 30.5 Å². The maximum atomic E-state index is 8.47. The molecular formula is C9H8ClN5O. The van der Waals surface area contributed by atoms with Crippen molar-refractivity contribution in [3.8, 4) is 5.69 Å². The highest BCUT2D eigenvalue weighted by atomic mass is 35.5. The van der Waals surface area contributed by atoms with Crippen LogP contribution >= 0.6 is 11.6 Å². The molecule has 6 nitrogen and oxygen atoms in total. The van der Waals surface area contributed by atoms with Crippen molar-refractivity contribution in [2.45, 2.75) is 0 Å². The molecule has 0 spiro atoms. The van der Waals surface area contributed by atoms with E-state index in [2.05, 4.69) is 15.5 Å². The van der Waals surface area contributed by atoms with Gasteiger partial charge in [0.1, 0.15) is 0 Å². The maximum absolute atomic E-state index is 8.47. The number of rotatable bonds is 2. The summed E-state index contributed by atoms with van der Waals surface area (Å²) < 4.78 is 1.50. The summed E-state index contributed by atoms with van der Waals surface area (Å²) in [7, 11) is 0. The van der Waals surface area contributed by atoms with Crippen LogP contribution in [0, 0.1) is 0 Å². The van der Waals surface area contributed by atoms with Crippen LogP contribution in [0.4, 0.5) is 0 Å². The highest BCUT2D eigenvalue weighted by Gasteiger charge is 2.06. The van der Waals surface area contributed by atoms with E-state index in [-0.39, 0.29) is 5.84 Å². The maximum Gasteiger partial charge on any atom is 0.192 e. The van der Waals surface area contributed by atoms with Crippen molar-refractivity contribution in [3.63, 3.8) is 0 Å². The Morgan fingerprint density at radius 3 is 2.69 bits per heavy atom. The number of hydrogen-bond donors (Lipinski definition) is 2. The molecule has 0 bridgehead atoms. The van der Waals surface area contributed by atoms with Crippen molar-refractivity contribution in [1.82, 2.24) is 15.0 Å². The molecule has 0 fully saturated rings. The SMILES string of the molecule is N/C(=N\O)c1cn(-c2ccc(Cl)cc2)nn1. The number of aromatic nitrogens is 3. The van der Waals surface area contributed by atoms with Gasteiger partial charge in [0.25, 0.3) is 0 Å². The average Bonchev–Trinajstić information content (AvgIpc) is 2.78. The largest absolute Gasteiger partial charge is 0.409 e. The minimum atomic E-state index is -0.0831. The van der Waals surface area contributed by atoms with Gasteiger partial charge in [-0.2, -0.15) is 0 Å². The van der Waals surface area contributed by atoms with Gasteiger partial charge in [-0.25, -0.2) is 4.68 Å². The van der Waals surface area contributed by atoms with Gasteiger partial charge in [0, 0.05) is 5.02 Å². The first-order chi connectivity index (χ1) is 7.70. The fourth-order valence-corrected chi connectivity index (χ4v) is 1.28. The van der Waals surface area contributed by atoms with Gasteiger partial charge in [-0.05, 0) is 24.3 Å². The number of nitrogens with two attached hydrogens (primary N) is 1. The Kier molecular flexibility index (Phi) is 2.74. The molecule has 2 rings (SSSR count). The van der Waals surface area contributed by atoms with Crippen LogP contribution in [-0.2, 0) is 0 Å². The normalized spacial score (nSPS) is 11.7. The third-order valence-electron chi connectivity index (χ3n) is 1.95. The molecule has 0 aliphatic rings. The molecule has 0 atom stereocenters. The number of hydrogen-bond acceptors (Lipinski definition) is 4. The molecule has 1 aromatic heterocycles. The van der Waals surface area contributed by atoms with E-state index in [4.69, 9.17) is 22.5 Å². The molecule has 0 amide bonds. The summed E-state index contributed by atoms with van der Waals surface area (Å²) in [6.45, 7) is 0. The van der Waals surface area contributed by atoms with Gasteiger partial charge in [0.15, 0.2) is 11.5 Å². The van der Waals surface area contributed by atoms with Gasteiger partial charge in [-0.1, -0.05) is 22.0 Å². The van der Waals surface area contributed by atoms with Gasteiger partial charge < -0.3 is 10.9 Å². The van der Waals surface area contributed by atoms with E-state index in [9.17, 15) is 0 Å². The second-order valence-corrected chi connectivity index (χ2v) is 3.45. The van der Waals surface area contributed by atoms with Crippen LogP contribution in [0.5, 0.6) is 0 Å². The van der Waals surface area contributed by atoms with Crippen LogP contribution in [0.1, 0.15) is 5.69 Å². The average molecular weight is 238 g/mol. The molecule has 1 heterocycles. The van der Waals surface area contributed by atoms with Gasteiger partial charge in [0.2, 0.25) is 0 Å². The lowest BCUT2D eigenvalue weighted by molar-refractivity contribution is 0.318. The Morgan fingerprint density at radius 1 is 1.38 bits per heavy atom. The number of oxime groups is 1. The summed E-state index contributed by atoms with van der Waals surface area (Å²) in [4.78, 5) is 0. The van der Waals surface area contributed by atoms with Crippen LogP contribution in [0.3, 0.4) is 0 Å². The van der Waals surface area contributed by atoms with Crippen LogP contribution in [0.25, 0.3) is 5.69 Å². The first-order valence-corrected chi connectivity index (χ1v) is 4.74. The minimum absolute atomic E-state index is 0.0831. The van der Waals surface area contributed by atoms with E-state index >= 15 is 0 Å². The monoisotopic (exact) mass is 237 g/mol. The molecule has 0 radical (unpaired) electrons. The van der Waals surface area contributed by atoms with Crippen LogP contribution < -0.4 is 5.73 Å². The minimum Gasteiger partial charge on any atom is -0.409 e. The summed E-state index contributed by atoms with van der Waals surface area (Å²) in [5, 5.41) is 19.5. The number of halogens is 1. The molecule has 0 saturated carbocycles. The number of nitrogens with zero attached hydrogens (tertiary/aromatic N) is 4. The predicted octanol–water partition coefficient (Wildman–Crippen LogP) is 1.02. The summed E-state index contributed by atoms with van der Waals surface area (Å²) in [6.07, 6.45) is 1.55. The van der Waals surface area contributed by atoms with Crippen molar-refractivity contribution < 1.29 is 5.21 Å². The molecule has 16 heavy (non-hydrogen) atoms. The first kappa shape index (κ1) is 10.4. The van der Waals surface area contributed by atoms with Crippen molar-refractivity contribution in [2.75, 3.05) is 0 Å². The Hall–Kier alpha value is -2.08. The Labute approximate surface area is 95.9 Å². The molecule has 2 aromatic rings. The van der Waals surface area contributed by atoms with Crippen LogP contribution in [-0.4, -0.2) is 26.0 Å². The van der Waals surface area contributed by atoms with Crippen LogP contribution in [0.2, 0.25) is 5.02 Å². The lowest BCUT2D eigenvalue weighted by Crippen LogP contribution is -2.13. The molecule has 7 heteroatoms. The zero-order valence-corrected chi connectivity index (χ0v) is 8.83. The Morgan fingerprint density at radius 2 is 2.06 bits per heavy atom. The van der Waals surface area contributed by atoms with Gasteiger partial charge >= 0.3 is 0 Å². The number of amidine groups is 1. The third-order valence-corrected chi connectivity index (χ3v) is 2.21. The van der Waals surface area contributed by atoms with E-state index in [0.717, 1.165) is 5.69 Å². The Bertz CT molecular complexity index is 519. The summed E-state index contributed by atoms with van der Waals surface area (Å²) in [5.74, 6) is -0.0831. The number of benzene rings is 1. The lowest BCUT2D eigenvalue weighted by Gasteiger charge is -1.98. The highest BCUT2D eigenvalue weighted by Crippen LogP contribution is 2.12. The molecule has 82 valence electrons. The molecular weight excluding hydrogens is 230 g/mol. The molecule has 0 aliphatic heterocycles. The molecule has 1 aromatic carbocycles. The van der Waals surface area contributed by atoms with Gasteiger partial charge in [-0.15, -0.1) is 5.10 Å². The molecule has 0 aliphatic carbocycles. The van der Waals surface area contributed by atoms with E-state index < -0.39 is 0 Å². The van der Waals surface area contributed by atoms with Crippen LogP contribution in [0.15, 0.2) is 35.6 Å². The standard InChI is InChI=1S/C9H8ClN5O/c10-6-1-3-7(4-2-6)15-5-8(12-14-15)9(11)13-16/h1-5,16H,(H2,11,13). The molecule has 0 saturated heterocycles. The van der Waals surface area contributed by atoms with Gasteiger partial charge in [-0.3, -0.25) is 0 Å². The van der Waals surface area contributed by atoms with E-state index in [0.29, 0.717) is 10.7 Å². The smallest absolute Gasteiger partial charge is 0.192 e. The third kappa shape index (κ3) is 1.96. The summed E-state index contributed by atoms with van der Waals surface area (Å²) >= 11 is 5.76. The second-order valence-electron chi connectivity index (χ2n) is 3.01. The van der Waals surface area contributed by atoms with Crippen molar-refractivity contribution in [2.24, 2.45) is 10.9 Å². The predicted molar refractivity (Wildman–Crippen MR) is 58.9 cm³/mol. The molecule has 0 unspecified atom stereocenters. The fourth-order valence-electron chi connectivity index (χ4n) is 1.15. The Balaban J connectivity index is 2.35. The van der Waals surface area contributed by atoms with Gasteiger partial charge in [0.05, 0.1) is 11.9 Å².